The molecule has 0 aromatic heterocycles. The molecule has 6 heteroatoms. The molecule has 1 aromatic rings. The molecular formula is C20H22O6. The maximum Gasteiger partial charge on any atom is 0.308 e. The number of Topliss-reactive ketones (excluding diaryl/α,β-unsaturated/α-hetero) is 1. The zero-order chi connectivity index (χ0) is 19.6. The number of fused-ring (bicyclic) bond motifs is 1. The molecule has 1 aliphatic rings. The van der Waals surface area contributed by atoms with Crippen LogP contribution in [0.5, 0.6) is 11.5 Å². The van der Waals surface area contributed by atoms with Gasteiger partial charge < -0.3 is 14.9 Å². The average molecular weight is 358 g/mol. The predicted molar refractivity (Wildman–Crippen MR) is 95.3 cm³/mol. The van der Waals surface area contributed by atoms with Gasteiger partial charge in [-0.15, -0.1) is 0 Å². The summed E-state index contributed by atoms with van der Waals surface area (Å²) in [6, 6.07) is 2.30. The Morgan fingerprint density at radius 1 is 1.12 bits per heavy atom. The fourth-order valence-electron chi connectivity index (χ4n) is 2.58. The topological polar surface area (TPSA) is 101 Å². The Morgan fingerprint density at radius 3 is 2.23 bits per heavy atom. The number of allylic oxidation sites excluding steroid dienone is 2. The monoisotopic (exact) mass is 358 g/mol. The van der Waals surface area contributed by atoms with E-state index in [9.17, 15) is 24.6 Å². The minimum atomic E-state index is -0.953. The summed E-state index contributed by atoms with van der Waals surface area (Å²) in [6.07, 6.45) is 2.14. The highest BCUT2D eigenvalue weighted by Crippen LogP contribution is 2.36. The normalized spacial score (nSPS) is 14.6. The number of ether oxygens (including phenoxy) is 1. The van der Waals surface area contributed by atoms with Crippen LogP contribution in [0.25, 0.3) is 0 Å². The molecule has 1 aliphatic carbocycles. The highest BCUT2D eigenvalue weighted by atomic mass is 16.5. The quantitative estimate of drug-likeness (QED) is 0.476. The third kappa shape index (κ3) is 3.85. The van der Waals surface area contributed by atoms with Gasteiger partial charge in [0.15, 0.2) is 11.6 Å². The van der Waals surface area contributed by atoms with E-state index < -0.39 is 35.3 Å². The number of carbonyl (C=O) groups excluding carboxylic acids is 3. The lowest BCUT2D eigenvalue weighted by Gasteiger charge is -2.24. The first-order valence-electron chi connectivity index (χ1n) is 8.32. The van der Waals surface area contributed by atoms with Gasteiger partial charge in [0.2, 0.25) is 0 Å². The van der Waals surface area contributed by atoms with Gasteiger partial charge in [-0.1, -0.05) is 25.5 Å². The zero-order valence-electron chi connectivity index (χ0n) is 15.2. The highest BCUT2D eigenvalue weighted by molar-refractivity contribution is 6.27. The van der Waals surface area contributed by atoms with Gasteiger partial charge in [-0.2, -0.15) is 0 Å². The van der Waals surface area contributed by atoms with Crippen molar-refractivity contribution in [2.75, 3.05) is 0 Å². The van der Waals surface area contributed by atoms with Crippen molar-refractivity contribution in [3.05, 3.63) is 46.6 Å². The molecule has 0 saturated heterocycles. The molecule has 1 aromatic carbocycles. The van der Waals surface area contributed by atoms with Crippen LogP contribution >= 0.6 is 0 Å². The molecule has 1 atom stereocenters. The molecular weight excluding hydrogens is 336 g/mol. The Kier molecular flexibility index (Phi) is 5.65. The first-order valence-corrected chi connectivity index (χ1v) is 8.32. The van der Waals surface area contributed by atoms with Gasteiger partial charge in [0.05, 0.1) is 17.0 Å². The highest BCUT2D eigenvalue weighted by Gasteiger charge is 2.35. The number of benzene rings is 1. The molecule has 0 heterocycles. The molecule has 0 amide bonds. The molecule has 6 nitrogen and oxygen atoms in total. The molecule has 0 fully saturated rings. The van der Waals surface area contributed by atoms with E-state index in [0.29, 0.717) is 0 Å². The standard InChI is InChI=1S/C20H22O6/c1-10(2)5-8-16(26-20(25)11(3)4)12-9-15(23)17-13(21)6-7-14(22)18(17)19(12)24/h5-7,9,11,16,21-22H,8H2,1-4H3/t16-/m0/s1. The van der Waals surface area contributed by atoms with Gasteiger partial charge in [-0.3, -0.25) is 14.4 Å². The summed E-state index contributed by atoms with van der Waals surface area (Å²) in [6.45, 7) is 7.06. The van der Waals surface area contributed by atoms with Gasteiger partial charge in [0.1, 0.15) is 17.6 Å². The van der Waals surface area contributed by atoms with E-state index in [1.165, 1.54) is 0 Å². The van der Waals surface area contributed by atoms with Crippen LogP contribution in [0.15, 0.2) is 35.4 Å². The smallest absolute Gasteiger partial charge is 0.308 e. The van der Waals surface area contributed by atoms with Gasteiger partial charge in [0.25, 0.3) is 0 Å². The lowest BCUT2D eigenvalue weighted by atomic mass is 9.85. The number of phenols is 2. The van der Waals surface area contributed by atoms with Crippen molar-refractivity contribution < 1.29 is 29.3 Å². The molecule has 0 aliphatic heterocycles. The van der Waals surface area contributed by atoms with E-state index in [-0.39, 0.29) is 28.9 Å². The number of aromatic hydroxyl groups is 2. The van der Waals surface area contributed by atoms with Crippen LogP contribution in [0.1, 0.15) is 54.8 Å². The molecule has 26 heavy (non-hydrogen) atoms. The Hall–Kier alpha value is -2.89. The predicted octanol–water partition coefficient (Wildman–Crippen LogP) is 3.33. The van der Waals surface area contributed by atoms with E-state index in [0.717, 1.165) is 23.8 Å². The lowest BCUT2D eigenvalue weighted by molar-refractivity contribution is -0.150. The lowest BCUT2D eigenvalue weighted by Crippen LogP contribution is -2.30. The van der Waals surface area contributed by atoms with Gasteiger partial charge in [-0.05, 0) is 32.1 Å². The van der Waals surface area contributed by atoms with Gasteiger partial charge in [0, 0.05) is 12.0 Å². The molecule has 138 valence electrons. The van der Waals surface area contributed by atoms with Crippen molar-refractivity contribution in [3.8, 4) is 11.5 Å². The van der Waals surface area contributed by atoms with Crippen LogP contribution in [-0.2, 0) is 9.53 Å². The molecule has 2 N–H and O–H groups in total. The van der Waals surface area contributed by atoms with Crippen LogP contribution in [0.4, 0.5) is 0 Å². The van der Waals surface area contributed by atoms with E-state index in [2.05, 4.69) is 0 Å². The number of phenolic OH excluding ortho intramolecular Hbond substituents is 2. The molecule has 0 bridgehead atoms. The van der Waals surface area contributed by atoms with Crippen LogP contribution in [0, 0.1) is 5.92 Å². The minimum Gasteiger partial charge on any atom is -0.507 e. The second-order valence-electron chi connectivity index (χ2n) is 6.74. The van der Waals surface area contributed by atoms with Crippen LogP contribution in [0.2, 0.25) is 0 Å². The summed E-state index contributed by atoms with van der Waals surface area (Å²) in [5, 5.41) is 19.9. The molecule has 2 rings (SSSR count). The van der Waals surface area contributed by atoms with Crippen LogP contribution in [-0.4, -0.2) is 33.9 Å². The first kappa shape index (κ1) is 19.4. The van der Waals surface area contributed by atoms with Crippen molar-refractivity contribution >= 4 is 17.5 Å². The summed E-state index contributed by atoms with van der Waals surface area (Å²) in [5.74, 6) is -2.94. The Morgan fingerprint density at radius 2 is 1.69 bits per heavy atom. The van der Waals surface area contributed by atoms with Crippen molar-refractivity contribution in [1.29, 1.82) is 0 Å². The van der Waals surface area contributed by atoms with Crippen LogP contribution in [0.3, 0.4) is 0 Å². The Balaban J connectivity index is 2.50. The fourth-order valence-corrected chi connectivity index (χ4v) is 2.58. The third-order valence-electron chi connectivity index (χ3n) is 4.00. The zero-order valence-corrected chi connectivity index (χ0v) is 15.2. The molecule has 0 unspecified atom stereocenters. The summed E-state index contributed by atoms with van der Waals surface area (Å²) >= 11 is 0. The molecule has 0 radical (unpaired) electrons. The van der Waals surface area contributed by atoms with Crippen molar-refractivity contribution in [3.63, 3.8) is 0 Å². The summed E-state index contributed by atoms with van der Waals surface area (Å²) in [5.41, 5.74) is 0.437. The number of hydrogen-bond acceptors (Lipinski definition) is 6. The summed E-state index contributed by atoms with van der Waals surface area (Å²) < 4.78 is 5.44. The van der Waals surface area contributed by atoms with Crippen LogP contribution < -0.4 is 0 Å². The number of rotatable bonds is 5. The number of hydrogen-bond donors (Lipinski definition) is 2. The second-order valence-corrected chi connectivity index (χ2v) is 6.74. The minimum absolute atomic E-state index is 0.0186. The molecule has 0 saturated carbocycles. The van der Waals surface area contributed by atoms with Gasteiger partial charge >= 0.3 is 5.97 Å². The number of esters is 1. The van der Waals surface area contributed by atoms with Gasteiger partial charge in [-0.25, -0.2) is 0 Å². The van der Waals surface area contributed by atoms with E-state index in [1.807, 2.05) is 13.8 Å². The summed E-state index contributed by atoms with van der Waals surface area (Å²) in [4.78, 5) is 37.3. The maximum absolute atomic E-state index is 12.9. The number of carbonyl (C=O) groups is 3. The Bertz CT molecular complexity index is 825. The maximum atomic E-state index is 12.9. The van der Waals surface area contributed by atoms with E-state index >= 15 is 0 Å². The van der Waals surface area contributed by atoms with Crippen molar-refractivity contribution in [1.82, 2.24) is 0 Å². The first-order chi connectivity index (χ1) is 12.1. The van der Waals surface area contributed by atoms with Crippen molar-refractivity contribution in [2.24, 2.45) is 5.92 Å². The largest absolute Gasteiger partial charge is 0.507 e. The third-order valence-corrected chi connectivity index (χ3v) is 4.00. The van der Waals surface area contributed by atoms with E-state index in [4.69, 9.17) is 4.74 Å². The summed E-state index contributed by atoms with van der Waals surface area (Å²) in [7, 11) is 0. The SMILES string of the molecule is CC(C)=CC[C@H](OC(=O)C(C)C)C1=CC(=O)c2c(O)ccc(O)c2C1=O. The fraction of sp³-hybridized carbons (Fsp3) is 0.350. The van der Waals surface area contributed by atoms with E-state index in [1.54, 1.807) is 19.9 Å². The number of ketones is 2. The average Bonchev–Trinajstić information content (AvgIpc) is 2.56. The Labute approximate surface area is 151 Å². The second kappa shape index (κ2) is 7.56. The molecule has 0 spiro atoms. The van der Waals surface area contributed by atoms with Crippen molar-refractivity contribution in [2.45, 2.75) is 40.2 Å².